The van der Waals surface area contributed by atoms with Crippen LogP contribution in [0.15, 0.2) is 39.9 Å². The Balaban J connectivity index is 1.89. The van der Waals surface area contributed by atoms with E-state index in [1.54, 1.807) is 4.90 Å². The molecule has 0 unspecified atom stereocenters. The molecule has 1 aromatic carbocycles. The second-order valence-corrected chi connectivity index (χ2v) is 11.1. The van der Waals surface area contributed by atoms with Crippen molar-refractivity contribution in [3.63, 3.8) is 0 Å². The Bertz CT molecular complexity index is 1490. The van der Waals surface area contributed by atoms with Crippen LogP contribution in [0.25, 0.3) is 16.3 Å². The number of aromatic nitrogens is 2. The SMILES string of the molecule is CC(C)Cn1c(=O)n(C)c(=O)c2c(/C=C/C(=O)N3CCN(C)CC3)c(Cc3ccccc3C(F)(F)F)sc21. The Hall–Kier alpha value is -3.18. The molecule has 1 aliphatic heterocycles. The van der Waals surface area contributed by atoms with E-state index in [0.29, 0.717) is 34.9 Å². The smallest absolute Gasteiger partial charge is 0.337 e. The molecule has 38 heavy (non-hydrogen) atoms. The summed E-state index contributed by atoms with van der Waals surface area (Å²) in [6.45, 7) is 6.81. The van der Waals surface area contributed by atoms with Gasteiger partial charge in [-0.15, -0.1) is 11.3 Å². The van der Waals surface area contributed by atoms with Crippen molar-refractivity contribution >= 4 is 33.5 Å². The number of benzene rings is 1. The summed E-state index contributed by atoms with van der Waals surface area (Å²) < 4.78 is 43.8. The number of piperazine rings is 1. The third kappa shape index (κ3) is 5.63. The molecule has 11 heteroatoms. The maximum Gasteiger partial charge on any atom is 0.416 e. The molecule has 0 bridgehead atoms. The molecule has 0 aliphatic carbocycles. The van der Waals surface area contributed by atoms with Crippen molar-refractivity contribution in [1.82, 2.24) is 18.9 Å². The molecule has 4 rings (SSSR count). The minimum absolute atomic E-state index is 0.0566. The van der Waals surface area contributed by atoms with Crippen LogP contribution in [0, 0.1) is 5.92 Å². The van der Waals surface area contributed by atoms with E-state index in [2.05, 4.69) is 4.90 Å². The van der Waals surface area contributed by atoms with Crippen molar-refractivity contribution in [2.75, 3.05) is 33.2 Å². The third-order valence-corrected chi connectivity index (χ3v) is 7.94. The fraction of sp³-hybridized carbons (Fsp3) is 0.444. The van der Waals surface area contributed by atoms with Crippen LogP contribution in [0.3, 0.4) is 0 Å². The predicted octanol–water partition coefficient (Wildman–Crippen LogP) is 3.81. The number of amides is 1. The van der Waals surface area contributed by atoms with E-state index in [4.69, 9.17) is 0 Å². The van der Waals surface area contributed by atoms with Gasteiger partial charge in [0.2, 0.25) is 5.91 Å². The lowest BCUT2D eigenvalue weighted by molar-refractivity contribution is -0.138. The number of alkyl halides is 3. The number of rotatable bonds is 6. The Morgan fingerprint density at radius 3 is 2.37 bits per heavy atom. The van der Waals surface area contributed by atoms with E-state index < -0.39 is 23.0 Å². The van der Waals surface area contributed by atoms with Crippen LogP contribution in [0.2, 0.25) is 0 Å². The normalized spacial score (nSPS) is 15.3. The predicted molar refractivity (Wildman–Crippen MR) is 144 cm³/mol. The number of carbonyl (C=O) groups excluding carboxylic acids is 1. The average Bonchev–Trinajstić information content (AvgIpc) is 3.21. The number of hydrogen-bond acceptors (Lipinski definition) is 5. The zero-order chi connectivity index (χ0) is 27.8. The van der Waals surface area contributed by atoms with Crippen molar-refractivity contribution in [3.8, 4) is 0 Å². The Kier molecular flexibility index (Phi) is 7.98. The van der Waals surface area contributed by atoms with Crippen molar-refractivity contribution in [3.05, 3.63) is 72.7 Å². The summed E-state index contributed by atoms with van der Waals surface area (Å²) in [6, 6.07) is 5.32. The van der Waals surface area contributed by atoms with Gasteiger partial charge >= 0.3 is 11.9 Å². The molecule has 0 saturated carbocycles. The summed E-state index contributed by atoms with van der Waals surface area (Å²) in [4.78, 5) is 44.0. The highest BCUT2D eigenvalue weighted by molar-refractivity contribution is 7.19. The lowest BCUT2D eigenvalue weighted by atomic mass is 10.0. The zero-order valence-corrected chi connectivity index (χ0v) is 22.7. The van der Waals surface area contributed by atoms with E-state index in [9.17, 15) is 27.6 Å². The van der Waals surface area contributed by atoms with Gasteiger partial charge in [0.25, 0.3) is 5.56 Å². The van der Waals surface area contributed by atoms with Gasteiger partial charge in [-0.05, 0) is 30.7 Å². The summed E-state index contributed by atoms with van der Waals surface area (Å²) >= 11 is 1.13. The van der Waals surface area contributed by atoms with E-state index in [-0.39, 0.29) is 29.2 Å². The second-order valence-electron chi connectivity index (χ2n) is 10.1. The minimum Gasteiger partial charge on any atom is -0.337 e. The van der Waals surface area contributed by atoms with Crippen LogP contribution in [-0.4, -0.2) is 58.1 Å². The van der Waals surface area contributed by atoms with Crippen molar-refractivity contribution < 1.29 is 18.0 Å². The van der Waals surface area contributed by atoms with Crippen molar-refractivity contribution in [1.29, 1.82) is 0 Å². The largest absolute Gasteiger partial charge is 0.416 e. The minimum atomic E-state index is -4.55. The second kappa shape index (κ2) is 10.9. The van der Waals surface area contributed by atoms with E-state index in [1.165, 1.54) is 42.0 Å². The molecule has 0 spiro atoms. The molecule has 1 amide bonds. The Morgan fingerprint density at radius 1 is 1.08 bits per heavy atom. The number of nitrogens with zero attached hydrogens (tertiary/aromatic N) is 4. The van der Waals surface area contributed by atoms with Gasteiger partial charge in [-0.2, -0.15) is 13.2 Å². The first kappa shape index (κ1) is 27.8. The standard InChI is InChI=1S/C27H31F3N4O3S/c1-17(2)16-34-25-23(24(36)32(4)26(34)37)19(9-10-22(35)33-13-11-31(3)12-14-33)21(38-25)15-18-7-5-6-8-20(18)27(28,29)30/h5-10,17H,11-16H2,1-4H3/b10-9+. The lowest BCUT2D eigenvalue weighted by Crippen LogP contribution is -2.46. The van der Waals surface area contributed by atoms with Gasteiger partial charge in [0, 0.05) is 62.7 Å². The number of halogens is 3. The Labute approximate surface area is 222 Å². The average molecular weight is 549 g/mol. The van der Waals surface area contributed by atoms with Crippen LogP contribution in [-0.2, 0) is 31.0 Å². The fourth-order valence-corrected chi connectivity index (χ4v) is 5.94. The van der Waals surface area contributed by atoms with E-state index >= 15 is 0 Å². The first-order valence-electron chi connectivity index (χ1n) is 12.4. The highest BCUT2D eigenvalue weighted by Gasteiger charge is 2.33. The fourth-order valence-electron chi connectivity index (χ4n) is 4.64. The van der Waals surface area contributed by atoms with Gasteiger partial charge in [-0.25, -0.2) is 4.79 Å². The summed E-state index contributed by atoms with van der Waals surface area (Å²) in [5.41, 5.74) is -1.34. The molecule has 1 aliphatic rings. The maximum atomic E-state index is 13.8. The first-order chi connectivity index (χ1) is 17.9. The molecule has 2 aromatic heterocycles. The molecule has 3 aromatic rings. The zero-order valence-electron chi connectivity index (χ0n) is 21.8. The number of likely N-dealkylation sites (N-methyl/N-ethyl adjacent to an activating group) is 1. The monoisotopic (exact) mass is 548 g/mol. The van der Waals surface area contributed by atoms with E-state index in [1.807, 2.05) is 20.9 Å². The van der Waals surface area contributed by atoms with Gasteiger partial charge in [0.15, 0.2) is 0 Å². The molecule has 1 saturated heterocycles. The number of hydrogen-bond donors (Lipinski definition) is 0. The maximum absolute atomic E-state index is 13.8. The van der Waals surface area contributed by atoms with Gasteiger partial charge in [-0.1, -0.05) is 32.0 Å². The molecule has 3 heterocycles. The molecule has 1 fully saturated rings. The molecule has 0 radical (unpaired) electrons. The van der Waals surface area contributed by atoms with Crippen molar-refractivity contribution in [2.24, 2.45) is 13.0 Å². The first-order valence-corrected chi connectivity index (χ1v) is 13.3. The van der Waals surface area contributed by atoms with E-state index in [0.717, 1.165) is 35.1 Å². The number of thiophene rings is 1. The molecule has 0 atom stereocenters. The van der Waals surface area contributed by atoms with Crippen molar-refractivity contribution in [2.45, 2.75) is 33.0 Å². The van der Waals surface area contributed by atoms with Crippen LogP contribution in [0.5, 0.6) is 0 Å². The molecular weight excluding hydrogens is 517 g/mol. The summed E-state index contributed by atoms with van der Waals surface area (Å²) in [5, 5.41) is 0.236. The van der Waals surface area contributed by atoms with Gasteiger partial charge in [0.1, 0.15) is 4.83 Å². The summed E-state index contributed by atoms with van der Waals surface area (Å²) in [6.07, 6.45) is -1.74. The third-order valence-electron chi connectivity index (χ3n) is 6.71. The lowest BCUT2D eigenvalue weighted by Gasteiger charge is -2.31. The van der Waals surface area contributed by atoms with Crippen LogP contribution in [0.1, 0.15) is 35.4 Å². The Morgan fingerprint density at radius 2 is 1.74 bits per heavy atom. The molecule has 7 nitrogen and oxygen atoms in total. The van der Waals surface area contributed by atoms with Gasteiger partial charge < -0.3 is 9.80 Å². The topological polar surface area (TPSA) is 67.5 Å². The van der Waals surface area contributed by atoms with Crippen LogP contribution >= 0.6 is 11.3 Å². The van der Waals surface area contributed by atoms with Crippen LogP contribution in [0.4, 0.5) is 13.2 Å². The molecular formula is C27H31F3N4O3S. The molecule has 0 N–H and O–H groups in total. The number of fused-ring (bicyclic) bond motifs is 1. The molecule has 204 valence electrons. The van der Waals surface area contributed by atoms with Gasteiger partial charge in [-0.3, -0.25) is 18.7 Å². The highest BCUT2D eigenvalue weighted by atomic mass is 32.1. The summed E-state index contributed by atoms with van der Waals surface area (Å²) in [5.74, 6) is -0.144. The highest BCUT2D eigenvalue weighted by Crippen LogP contribution is 2.36. The van der Waals surface area contributed by atoms with Crippen LogP contribution < -0.4 is 11.2 Å². The van der Waals surface area contributed by atoms with Gasteiger partial charge in [0.05, 0.1) is 10.9 Å². The summed E-state index contributed by atoms with van der Waals surface area (Å²) in [7, 11) is 3.37. The quantitative estimate of drug-likeness (QED) is 0.440. The number of carbonyl (C=O) groups is 1.